The topological polar surface area (TPSA) is 166 Å². The normalized spacial score (nSPS) is 21.8. The molecule has 4 saturated carbocycles. The van der Waals surface area contributed by atoms with Gasteiger partial charge in [0.05, 0.1) is 44.1 Å². The molecule has 0 radical (unpaired) electrons. The Bertz CT molecular complexity index is 4540. The van der Waals surface area contributed by atoms with Gasteiger partial charge in [-0.15, -0.1) is 0 Å². The van der Waals surface area contributed by atoms with Gasteiger partial charge in [0.1, 0.15) is 46.1 Å². The molecule has 16 rings (SSSR count). The molecular weight excluding hydrogens is 1550 g/mol. The maximum Gasteiger partial charge on any atom is 0.433 e. The molecule has 28 heteroatoms. The molecule has 8 heterocycles. The second-order valence-electron chi connectivity index (χ2n) is 30.6. The van der Waals surface area contributed by atoms with Crippen LogP contribution < -0.4 is 0 Å². The fourth-order valence-electron chi connectivity index (χ4n) is 17.0. The molecule has 4 aliphatic rings. The van der Waals surface area contributed by atoms with Crippen molar-refractivity contribution < 1.29 is 52.7 Å². The molecule has 0 aliphatic heterocycles. The van der Waals surface area contributed by atoms with Crippen LogP contribution in [0.1, 0.15) is 246 Å². The molecule has 12 aromatic rings. The minimum atomic E-state index is -4.40. The molecule has 0 spiro atoms. The maximum absolute atomic E-state index is 12.9. The highest BCUT2D eigenvalue weighted by molar-refractivity contribution is 6.32. The fourth-order valence-corrected chi connectivity index (χ4v) is 17.7. The molecular formula is C84H84Cl4F12N12. The third-order valence-corrected chi connectivity index (χ3v) is 24.6. The number of pyridine rings is 4. The first kappa shape index (κ1) is 81.7. The number of aromatic amines is 4. The number of nitrogens with zero attached hydrogens (tertiary/aromatic N) is 8. The van der Waals surface area contributed by atoms with Crippen LogP contribution in [0.5, 0.6) is 0 Å². The smallest absolute Gasteiger partial charge is 0.342 e. The number of alkyl halides is 12. The van der Waals surface area contributed by atoms with Crippen LogP contribution in [0.3, 0.4) is 0 Å². The van der Waals surface area contributed by atoms with E-state index in [-0.39, 0.29) is 47.3 Å². The Labute approximate surface area is 659 Å². The predicted molar refractivity (Wildman–Crippen MR) is 414 cm³/mol. The Morgan fingerprint density at radius 2 is 0.464 bits per heavy atom. The van der Waals surface area contributed by atoms with E-state index >= 15 is 0 Å². The van der Waals surface area contributed by atoms with Gasteiger partial charge in [-0.05, 0) is 294 Å². The SMILES string of the molecule is C[C@@H](c1nc2ccc(Cl)cc2[nH]1)C1CCC(c2ccnc(C(F)(F)F)c2)CC1.C[C@@H](c1nc2ccc(Cl)cc2[nH]1)C1CCC(c2ccnc(C(F)(F)F)c2)CC1.C[C@H](c1nc2ccc(Cl)cc2[nH]1)C1CCC(c2ccnc(C(F)(F)F)c2)CC1.C[C@H](c1nc2ccc(Cl)cc2[nH]1)C1CCC(c2ccnc(C(F)(F)F)c2)CC1. The number of fused-ring (bicyclic) bond motifs is 4. The summed E-state index contributed by atoms with van der Waals surface area (Å²) in [5.41, 5.74) is 7.07. The molecule has 8 aromatic heterocycles. The number of H-pyrrole nitrogens is 4. The highest BCUT2D eigenvalue weighted by Gasteiger charge is 2.39. The van der Waals surface area contributed by atoms with Crippen molar-refractivity contribution in [3.05, 3.63) is 235 Å². The van der Waals surface area contributed by atoms with Crippen molar-refractivity contribution in [1.29, 1.82) is 0 Å². The van der Waals surface area contributed by atoms with Crippen molar-refractivity contribution in [3.8, 4) is 0 Å². The first-order valence-corrected chi connectivity index (χ1v) is 39.5. The molecule has 4 fully saturated rings. The second-order valence-corrected chi connectivity index (χ2v) is 32.4. The van der Waals surface area contributed by atoms with Crippen LogP contribution in [-0.2, 0) is 24.7 Å². The van der Waals surface area contributed by atoms with Gasteiger partial charge in [0, 0.05) is 68.5 Å². The first-order valence-electron chi connectivity index (χ1n) is 38.0. The Balaban J connectivity index is 0.000000131. The molecule has 0 bridgehead atoms. The summed E-state index contributed by atoms with van der Waals surface area (Å²) < 4.78 is 155. The van der Waals surface area contributed by atoms with E-state index in [4.69, 9.17) is 66.3 Å². The zero-order valence-corrected chi connectivity index (χ0v) is 64.7. The van der Waals surface area contributed by atoms with Gasteiger partial charge in [0.15, 0.2) is 0 Å². The minimum Gasteiger partial charge on any atom is -0.342 e. The van der Waals surface area contributed by atoms with Crippen LogP contribution in [0.25, 0.3) is 44.1 Å². The summed E-state index contributed by atoms with van der Waals surface area (Å²) in [6, 6.07) is 34.1. The van der Waals surface area contributed by atoms with Crippen molar-refractivity contribution in [1.82, 2.24) is 59.8 Å². The van der Waals surface area contributed by atoms with Crippen LogP contribution in [0.15, 0.2) is 146 Å². The van der Waals surface area contributed by atoms with Gasteiger partial charge in [-0.2, -0.15) is 52.7 Å². The van der Waals surface area contributed by atoms with Crippen LogP contribution in [-0.4, -0.2) is 59.8 Å². The molecule has 0 saturated heterocycles. The van der Waals surface area contributed by atoms with E-state index in [1.54, 1.807) is 24.3 Å². The number of aromatic nitrogens is 12. The highest BCUT2D eigenvalue weighted by atomic mass is 35.5. The van der Waals surface area contributed by atoms with Crippen LogP contribution in [0, 0.1) is 23.7 Å². The lowest BCUT2D eigenvalue weighted by molar-refractivity contribution is -0.142. The number of nitrogens with one attached hydrogen (secondary N) is 4. The van der Waals surface area contributed by atoms with Gasteiger partial charge in [-0.1, -0.05) is 74.1 Å². The number of hydrogen-bond donors (Lipinski definition) is 4. The zero-order chi connectivity index (χ0) is 79.6. The van der Waals surface area contributed by atoms with Gasteiger partial charge in [0.2, 0.25) is 0 Å². The van der Waals surface area contributed by atoms with E-state index in [9.17, 15) is 52.7 Å². The molecule has 0 amide bonds. The van der Waals surface area contributed by atoms with Gasteiger partial charge in [-0.3, -0.25) is 19.9 Å². The Morgan fingerprint density at radius 1 is 0.277 bits per heavy atom. The summed E-state index contributed by atoms with van der Waals surface area (Å²) in [6.07, 6.45) is 2.24. The minimum absolute atomic E-state index is 0.155. The molecule has 4 N–H and O–H groups in total. The van der Waals surface area contributed by atoms with E-state index in [1.165, 1.54) is 49.1 Å². The van der Waals surface area contributed by atoms with Gasteiger partial charge >= 0.3 is 24.7 Å². The highest BCUT2D eigenvalue weighted by Crippen LogP contribution is 2.48. The number of rotatable bonds is 12. The summed E-state index contributed by atoms with van der Waals surface area (Å²) in [4.78, 5) is 46.1. The molecule has 112 heavy (non-hydrogen) atoms. The van der Waals surface area contributed by atoms with Crippen LogP contribution >= 0.6 is 46.4 Å². The number of benzene rings is 4. The van der Waals surface area contributed by atoms with Crippen molar-refractivity contribution >= 4 is 90.5 Å². The van der Waals surface area contributed by atoms with Gasteiger partial charge in [-0.25, -0.2) is 19.9 Å². The second kappa shape index (κ2) is 34.4. The standard InChI is InChI=1S/4C21H21ClF3N3/c4*1-12(20-27-17-7-6-16(22)11-18(17)28-20)13-2-4-14(5-3-13)15-8-9-26-19(10-15)21(23,24)25/h4*6-14H,2-5H2,1H3,(H,27,28)/t4*12-,13?,14?/m1100/s1. The lowest BCUT2D eigenvalue weighted by Gasteiger charge is -2.32. The Morgan fingerprint density at radius 3 is 0.643 bits per heavy atom. The number of hydrogen-bond acceptors (Lipinski definition) is 8. The van der Waals surface area contributed by atoms with Crippen molar-refractivity contribution in [2.45, 2.75) is 202 Å². The van der Waals surface area contributed by atoms with E-state index < -0.39 is 47.5 Å². The van der Waals surface area contributed by atoms with E-state index in [0.717, 1.165) is 192 Å². The predicted octanol–water partition coefficient (Wildman–Crippen LogP) is 26.8. The lowest BCUT2D eigenvalue weighted by atomic mass is 9.74. The molecule has 0 unspecified atom stereocenters. The molecule has 12 nitrogen and oxygen atoms in total. The molecule has 4 aliphatic carbocycles. The molecule has 4 aromatic carbocycles. The molecule has 4 atom stereocenters. The summed E-state index contributed by atoms with van der Waals surface area (Å²) in [5.74, 6) is 7.27. The van der Waals surface area contributed by atoms with E-state index in [0.29, 0.717) is 43.8 Å². The fraction of sp³-hybridized carbons (Fsp3) is 0.429. The van der Waals surface area contributed by atoms with E-state index in [2.05, 4.69) is 67.6 Å². The summed E-state index contributed by atoms with van der Waals surface area (Å²) in [7, 11) is 0. The van der Waals surface area contributed by atoms with E-state index in [1.807, 2.05) is 72.8 Å². The average Bonchev–Trinajstić information content (AvgIpc) is 1.52. The van der Waals surface area contributed by atoms with Gasteiger partial charge < -0.3 is 19.9 Å². The monoisotopic (exact) mass is 1630 g/mol. The first-order chi connectivity index (χ1) is 53.2. The summed E-state index contributed by atoms with van der Waals surface area (Å²) in [6.45, 7) is 8.66. The zero-order valence-electron chi connectivity index (χ0n) is 61.7. The Hall–Kier alpha value is -8.32. The van der Waals surface area contributed by atoms with Gasteiger partial charge in [0.25, 0.3) is 0 Å². The summed E-state index contributed by atoms with van der Waals surface area (Å²) >= 11 is 24.2. The largest absolute Gasteiger partial charge is 0.433 e. The third-order valence-electron chi connectivity index (χ3n) is 23.7. The summed E-state index contributed by atoms with van der Waals surface area (Å²) in [5, 5.41) is 2.69. The quantitative estimate of drug-likeness (QED) is 0.0878. The Kier molecular flexibility index (Phi) is 25.1. The van der Waals surface area contributed by atoms with Crippen molar-refractivity contribution in [2.24, 2.45) is 23.7 Å². The van der Waals surface area contributed by atoms with Crippen molar-refractivity contribution in [3.63, 3.8) is 0 Å². The average molecular weight is 1630 g/mol. The van der Waals surface area contributed by atoms with Crippen LogP contribution in [0.4, 0.5) is 52.7 Å². The maximum atomic E-state index is 12.9. The number of imidazole rings is 4. The van der Waals surface area contributed by atoms with Crippen LogP contribution in [0.2, 0.25) is 20.1 Å². The lowest BCUT2D eigenvalue weighted by Crippen LogP contribution is -2.19. The van der Waals surface area contributed by atoms with Crippen molar-refractivity contribution in [2.75, 3.05) is 0 Å². The number of halogens is 16. The molecule has 592 valence electrons. The third kappa shape index (κ3) is 19.9.